The van der Waals surface area contributed by atoms with Crippen LogP contribution in [-0.2, 0) is 0 Å². The van der Waals surface area contributed by atoms with Gasteiger partial charge < -0.3 is 14.7 Å². The predicted molar refractivity (Wildman–Crippen MR) is 136 cm³/mol. The maximum atomic E-state index is 11.2. The van der Waals surface area contributed by atoms with Gasteiger partial charge in [0.1, 0.15) is 0 Å². The Morgan fingerprint density at radius 2 is 0.871 bits per heavy atom. The monoisotopic (exact) mass is 444 g/mol. The summed E-state index contributed by atoms with van der Waals surface area (Å²) in [4.78, 5) is 0. The van der Waals surface area contributed by atoms with Crippen molar-refractivity contribution >= 4 is 0 Å². The summed E-state index contributed by atoms with van der Waals surface area (Å²) >= 11 is 0. The molecule has 0 aromatic heterocycles. The van der Waals surface area contributed by atoms with Crippen LogP contribution in [0.2, 0.25) is 0 Å². The molecule has 0 fully saturated rings. The Bertz CT molecular complexity index is 421. The van der Waals surface area contributed by atoms with Gasteiger partial charge in [-0.1, -0.05) is 90.9 Å². The lowest BCUT2D eigenvalue weighted by atomic mass is 10.0. The second-order valence-electron chi connectivity index (χ2n) is 11.2. The van der Waals surface area contributed by atoms with Crippen molar-refractivity contribution < 1.29 is 19.2 Å². The van der Waals surface area contributed by atoms with Gasteiger partial charge in [0.05, 0.1) is 41.3 Å². The first-order chi connectivity index (χ1) is 14.5. The molecule has 0 saturated heterocycles. The van der Waals surface area contributed by atoms with Crippen LogP contribution in [0.4, 0.5) is 0 Å². The van der Waals surface area contributed by atoms with Crippen LogP contribution in [0.5, 0.6) is 0 Å². The van der Waals surface area contributed by atoms with Crippen LogP contribution in [-0.4, -0.2) is 72.4 Å². The highest BCUT2D eigenvalue weighted by Gasteiger charge is 2.54. The first-order valence-corrected chi connectivity index (χ1v) is 13.6. The lowest BCUT2D eigenvalue weighted by Crippen LogP contribution is -2.72. The third kappa shape index (κ3) is 12.6. The molecular weight excluding hydrogens is 384 g/mol. The highest BCUT2D eigenvalue weighted by atomic mass is 16.5. The van der Waals surface area contributed by atoms with Crippen molar-refractivity contribution in [3.8, 4) is 0 Å². The minimum Gasteiger partial charge on any atom is -0.316 e. The van der Waals surface area contributed by atoms with Gasteiger partial charge in [-0.2, -0.15) is 0 Å². The third-order valence-electron chi connectivity index (χ3n) is 7.66. The summed E-state index contributed by atoms with van der Waals surface area (Å²) in [7, 11) is 8.27. The zero-order valence-corrected chi connectivity index (χ0v) is 22.6. The molecule has 4 nitrogen and oxygen atoms in total. The molecule has 0 aromatic rings. The minimum absolute atomic E-state index is 0.235. The van der Waals surface area contributed by atoms with Gasteiger partial charge in [0.2, 0.25) is 0 Å². The Morgan fingerprint density at radius 3 is 1.26 bits per heavy atom. The summed E-state index contributed by atoms with van der Waals surface area (Å²) in [6.45, 7) is 8.34. The number of rotatable bonds is 21. The van der Waals surface area contributed by atoms with Crippen molar-refractivity contribution in [2.45, 2.75) is 135 Å². The van der Waals surface area contributed by atoms with Crippen LogP contribution >= 0.6 is 0 Å². The van der Waals surface area contributed by atoms with E-state index in [1.807, 2.05) is 21.0 Å². The molecule has 0 aliphatic rings. The van der Waals surface area contributed by atoms with Crippen molar-refractivity contribution in [3.05, 3.63) is 0 Å². The van der Waals surface area contributed by atoms with Crippen molar-refractivity contribution in [2.24, 2.45) is 0 Å². The van der Waals surface area contributed by atoms with Crippen molar-refractivity contribution in [1.29, 1.82) is 0 Å². The number of aliphatic hydroxyl groups is 2. The van der Waals surface area contributed by atoms with E-state index >= 15 is 0 Å². The molecule has 1 unspecified atom stereocenters. The smallest absolute Gasteiger partial charge is 0.316 e. The van der Waals surface area contributed by atoms with E-state index in [9.17, 15) is 10.2 Å². The predicted octanol–water partition coefficient (Wildman–Crippen LogP) is 6.45. The van der Waals surface area contributed by atoms with Gasteiger partial charge in [-0.05, 0) is 32.6 Å². The van der Waals surface area contributed by atoms with Gasteiger partial charge in [-0.3, -0.25) is 4.48 Å². The SMILES string of the molecule is CCCCCCCCCC[N+](C)(C)C(C)C(O)(O)[N+](C)(C)CCCCCCCCCC. The molecular formula is C27H60N2O2+2. The fourth-order valence-corrected chi connectivity index (χ4v) is 4.63. The quantitative estimate of drug-likeness (QED) is 0.121. The van der Waals surface area contributed by atoms with Crippen LogP contribution in [0.25, 0.3) is 0 Å². The first-order valence-electron chi connectivity index (χ1n) is 13.6. The standard InChI is InChI=1S/C27H60N2O2/c1-8-10-12-14-16-18-20-22-24-28(4,5)26(3)27(30,31)29(6,7)25-23-21-19-17-15-13-11-9-2/h26,30-31H,8-25H2,1-7H3/q+2. The molecule has 0 aliphatic heterocycles. The van der Waals surface area contributed by atoms with Crippen molar-refractivity contribution in [1.82, 2.24) is 0 Å². The second kappa shape index (κ2) is 16.5. The molecule has 188 valence electrons. The lowest BCUT2D eigenvalue weighted by Gasteiger charge is -2.48. The lowest BCUT2D eigenvalue weighted by molar-refractivity contribution is -1.04. The summed E-state index contributed by atoms with van der Waals surface area (Å²) in [5.41, 5.74) is 0. The largest absolute Gasteiger partial charge is 0.368 e. The van der Waals surface area contributed by atoms with Gasteiger partial charge in [0.25, 0.3) is 0 Å². The van der Waals surface area contributed by atoms with Crippen molar-refractivity contribution in [3.63, 3.8) is 0 Å². The van der Waals surface area contributed by atoms with E-state index in [0.29, 0.717) is 4.48 Å². The maximum Gasteiger partial charge on any atom is 0.368 e. The first kappa shape index (κ1) is 30.8. The zero-order chi connectivity index (χ0) is 23.8. The summed E-state index contributed by atoms with van der Waals surface area (Å²) in [5.74, 6) is -1.72. The summed E-state index contributed by atoms with van der Waals surface area (Å²) < 4.78 is 0.908. The number of quaternary nitrogens is 2. The van der Waals surface area contributed by atoms with Crippen LogP contribution in [0.15, 0.2) is 0 Å². The summed E-state index contributed by atoms with van der Waals surface area (Å²) in [6.07, 6.45) is 20.7. The molecule has 0 radical (unpaired) electrons. The Kier molecular flexibility index (Phi) is 16.4. The van der Waals surface area contributed by atoms with Crippen LogP contribution in [0.3, 0.4) is 0 Å². The molecule has 1 atom stereocenters. The number of likely N-dealkylation sites (N-methyl/N-ethyl adjacent to an activating group) is 2. The normalized spacial score (nSPS) is 14.2. The topological polar surface area (TPSA) is 40.5 Å². The molecule has 0 spiro atoms. The Hall–Kier alpha value is -0.160. The highest BCUT2D eigenvalue weighted by Crippen LogP contribution is 2.27. The molecule has 0 bridgehead atoms. The second-order valence-corrected chi connectivity index (χ2v) is 11.2. The van der Waals surface area contributed by atoms with Crippen molar-refractivity contribution in [2.75, 3.05) is 41.3 Å². The molecule has 0 aliphatic carbocycles. The molecule has 0 saturated carbocycles. The Labute approximate surface area is 196 Å². The van der Waals surface area contributed by atoms with E-state index in [1.165, 1.54) is 89.9 Å². The molecule has 0 aromatic carbocycles. The molecule has 31 heavy (non-hydrogen) atoms. The number of hydrogen-bond donors (Lipinski definition) is 2. The number of nitrogens with zero attached hydrogens (tertiary/aromatic N) is 2. The molecule has 0 rings (SSSR count). The average Bonchev–Trinajstić information content (AvgIpc) is 2.71. The van der Waals surface area contributed by atoms with E-state index in [0.717, 1.165) is 25.9 Å². The fourth-order valence-electron chi connectivity index (χ4n) is 4.63. The van der Waals surface area contributed by atoms with Gasteiger partial charge in [0.15, 0.2) is 6.04 Å². The van der Waals surface area contributed by atoms with Crippen LogP contribution in [0.1, 0.15) is 124 Å². The van der Waals surface area contributed by atoms with Gasteiger partial charge >= 0.3 is 5.91 Å². The summed E-state index contributed by atoms with van der Waals surface area (Å²) in [5, 5.41) is 22.4. The Morgan fingerprint density at radius 1 is 0.548 bits per heavy atom. The van der Waals surface area contributed by atoms with E-state index < -0.39 is 5.91 Å². The molecule has 0 heterocycles. The van der Waals surface area contributed by atoms with E-state index in [4.69, 9.17) is 0 Å². The molecule has 4 heteroatoms. The third-order valence-corrected chi connectivity index (χ3v) is 7.66. The van der Waals surface area contributed by atoms with Crippen LogP contribution in [0, 0.1) is 0 Å². The van der Waals surface area contributed by atoms with Gasteiger partial charge in [-0.15, -0.1) is 0 Å². The number of hydrogen-bond acceptors (Lipinski definition) is 2. The van der Waals surface area contributed by atoms with E-state index in [1.54, 1.807) is 0 Å². The Balaban J connectivity index is 4.33. The average molecular weight is 445 g/mol. The molecule has 0 amide bonds. The highest BCUT2D eigenvalue weighted by molar-refractivity contribution is 4.65. The van der Waals surface area contributed by atoms with Gasteiger partial charge in [0, 0.05) is 0 Å². The van der Waals surface area contributed by atoms with Crippen LogP contribution < -0.4 is 0 Å². The fraction of sp³-hybridized carbons (Fsp3) is 1.00. The van der Waals surface area contributed by atoms with E-state index in [2.05, 4.69) is 27.9 Å². The molecule has 2 N–H and O–H groups in total. The summed E-state index contributed by atoms with van der Waals surface area (Å²) in [6, 6.07) is -0.235. The maximum absolute atomic E-state index is 11.2. The zero-order valence-electron chi connectivity index (χ0n) is 22.6. The van der Waals surface area contributed by atoms with Gasteiger partial charge in [-0.25, -0.2) is 0 Å². The number of unbranched alkanes of at least 4 members (excludes halogenated alkanes) is 14. The van der Waals surface area contributed by atoms with E-state index in [-0.39, 0.29) is 10.5 Å². The minimum atomic E-state index is -1.72.